The van der Waals surface area contributed by atoms with Gasteiger partial charge in [0.1, 0.15) is 23.0 Å². The maximum Gasteiger partial charge on any atom is 0.339 e. The molecule has 27 heavy (non-hydrogen) atoms. The number of pyridine rings is 1. The highest BCUT2D eigenvalue weighted by Gasteiger charge is 2.13. The number of carboxylic acids is 1. The Morgan fingerprint density at radius 2 is 1.85 bits per heavy atom. The Morgan fingerprint density at radius 3 is 2.56 bits per heavy atom. The number of hydrogen-bond acceptors (Lipinski definition) is 4. The van der Waals surface area contributed by atoms with Crippen molar-refractivity contribution in [2.24, 2.45) is 0 Å². The summed E-state index contributed by atoms with van der Waals surface area (Å²) in [7, 11) is 0. The summed E-state index contributed by atoms with van der Waals surface area (Å²) in [6.45, 7) is 0.511. The first kappa shape index (κ1) is 18.3. The van der Waals surface area contributed by atoms with Crippen LogP contribution < -0.4 is 10.6 Å². The fourth-order valence-electron chi connectivity index (χ4n) is 2.55. The summed E-state index contributed by atoms with van der Waals surface area (Å²) in [6, 6.07) is 14.2. The predicted molar refractivity (Wildman–Crippen MR) is 99.5 cm³/mol. The summed E-state index contributed by atoms with van der Waals surface area (Å²) < 4.78 is 26.7. The van der Waals surface area contributed by atoms with Gasteiger partial charge in [-0.2, -0.15) is 0 Å². The molecule has 1 aromatic heterocycles. The van der Waals surface area contributed by atoms with Crippen LogP contribution in [0.1, 0.15) is 15.9 Å². The number of hydrogen-bond donors (Lipinski definition) is 3. The Hall–Kier alpha value is -3.48. The van der Waals surface area contributed by atoms with Crippen molar-refractivity contribution in [1.29, 1.82) is 0 Å². The molecule has 3 aromatic rings. The van der Waals surface area contributed by atoms with Crippen molar-refractivity contribution in [2.45, 2.75) is 6.42 Å². The summed E-state index contributed by atoms with van der Waals surface area (Å²) >= 11 is 0. The van der Waals surface area contributed by atoms with E-state index in [4.69, 9.17) is 0 Å². The van der Waals surface area contributed by atoms with E-state index in [0.29, 0.717) is 13.0 Å². The first-order chi connectivity index (χ1) is 13.0. The highest BCUT2D eigenvalue weighted by molar-refractivity contribution is 5.94. The van der Waals surface area contributed by atoms with E-state index in [9.17, 15) is 18.7 Å². The van der Waals surface area contributed by atoms with E-state index in [1.165, 1.54) is 18.3 Å². The first-order valence-electron chi connectivity index (χ1n) is 8.26. The van der Waals surface area contributed by atoms with Gasteiger partial charge in [-0.1, -0.05) is 30.3 Å². The zero-order valence-electron chi connectivity index (χ0n) is 14.2. The highest BCUT2D eigenvalue weighted by atomic mass is 19.1. The Kier molecular flexibility index (Phi) is 5.61. The van der Waals surface area contributed by atoms with Gasteiger partial charge in [0.2, 0.25) is 0 Å². The summed E-state index contributed by atoms with van der Waals surface area (Å²) in [4.78, 5) is 15.7. The number of benzene rings is 2. The standard InChI is InChI=1S/C20H17F2N3O2/c21-14-6-7-18(17(22)10-14)25-15-11-16(20(26)27)19(24-12-15)23-9-8-13-4-2-1-3-5-13/h1-7,10-12,25H,8-9H2,(H,23,24)(H,26,27). The molecule has 0 unspecified atom stereocenters. The third-order valence-corrected chi connectivity index (χ3v) is 3.88. The molecule has 0 aliphatic heterocycles. The van der Waals surface area contributed by atoms with Crippen LogP contribution in [-0.2, 0) is 6.42 Å². The smallest absolute Gasteiger partial charge is 0.339 e. The molecule has 0 radical (unpaired) electrons. The topological polar surface area (TPSA) is 74.2 Å². The molecule has 0 spiro atoms. The Balaban J connectivity index is 1.73. The quantitative estimate of drug-likeness (QED) is 0.574. The molecular formula is C20H17F2N3O2. The lowest BCUT2D eigenvalue weighted by molar-refractivity contribution is 0.0697. The molecule has 0 aliphatic carbocycles. The predicted octanol–water partition coefficient (Wildman–Crippen LogP) is 4.46. The van der Waals surface area contributed by atoms with Gasteiger partial charge in [0.05, 0.1) is 17.6 Å². The van der Waals surface area contributed by atoms with Crippen LogP contribution in [0.3, 0.4) is 0 Å². The molecule has 1 heterocycles. The minimum absolute atomic E-state index is 0.0272. The second-order valence-electron chi connectivity index (χ2n) is 5.84. The number of nitrogens with zero attached hydrogens (tertiary/aromatic N) is 1. The van der Waals surface area contributed by atoms with Crippen LogP contribution in [0.25, 0.3) is 0 Å². The lowest BCUT2D eigenvalue weighted by atomic mass is 10.1. The Morgan fingerprint density at radius 1 is 1.07 bits per heavy atom. The van der Waals surface area contributed by atoms with E-state index in [2.05, 4.69) is 15.6 Å². The van der Waals surface area contributed by atoms with Gasteiger partial charge in [0.25, 0.3) is 0 Å². The molecule has 3 N–H and O–H groups in total. The third-order valence-electron chi connectivity index (χ3n) is 3.88. The third kappa shape index (κ3) is 4.78. The van der Waals surface area contributed by atoms with Crippen molar-refractivity contribution in [3.05, 3.63) is 83.6 Å². The van der Waals surface area contributed by atoms with E-state index >= 15 is 0 Å². The number of aromatic carboxylic acids is 1. The molecule has 0 saturated heterocycles. The summed E-state index contributed by atoms with van der Waals surface area (Å²) in [5.41, 5.74) is 1.38. The Labute approximate surface area is 154 Å². The van der Waals surface area contributed by atoms with Gasteiger partial charge in [-0.25, -0.2) is 18.6 Å². The van der Waals surface area contributed by atoms with Gasteiger partial charge < -0.3 is 15.7 Å². The van der Waals surface area contributed by atoms with Crippen LogP contribution in [0.5, 0.6) is 0 Å². The van der Waals surface area contributed by atoms with Crippen molar-refractivity contribution < 1.29 is 18.7 Å². The molecule has 0 aliphatic rings. The van der Waals surface area contributed by atoms with Crippen LogP contribution in [0.15, 0.2) is 60.8 Å². The van der Waals surface area contributed by atoms with E-state index in [1.807, 2.05) is 30.3 Å². The second kappa shape index (κ2) is 8.27. The molecule has 3 rings (SSSR count). The number of carbonyl (C=O) groups is 1. The van der Waals surface area contributed by atoms with E-state index < -0.39 is 17.6 Å². The molecule has 2 aromatic carbocycles. The maximum atomic E-state index is 13.8. The lowest BCUT2D eigenvalue weighted by Gasteiger charge is -2.12. The minimum Gasteiger partial charge on any atom is -0.478 e. The Bertz CT molecular complexity index is 949. The van der Waals surface area contributed by atoms with Crippen LogP contribution >= 0.6 is 0 Å². The van der Waals surface area contributed by atoms with Gasteiger partial charge in [0.15, 0.2) is 0 Å². The lowest BCUT2D eigenvalue weighted by Crippen LogP contribution is -2.12. The molecular weight excluding hydrogens is 352 g/mol. The van der Waals surface area contributed by atoms with E-state index in [1.54, 1.807) is 0 Å². The molecule has 0 bridgehead atoms. The van der Waals surface area contributed by atoms with Gasteiger partial charge >= 0.3 is 5.97 Å². The second-order valence-corrected chi connectivity index (χ2v) is 5.84. The monoisotopic (exact) mass is 369 g/mol. The summed E-state index contributed by atoms with van der Waals surface area (Å²) in [6.07, 6.45) is 2.10. The zero-order valence-corrected chi connectivity index (χ0v) is 14.2. The van der Waals surface area contributed by atoms with Crippen molar-refractivity contribution in [2.75, 3.05) is 17.2 Å². The first-order valence-corrected chi connectivity index (χ1v) is 8.26. The number of rotatable bonds is 7. The highest BCUT2D eigenvalue weighted by Crippen LogP contribution is 2.23. The molecule has 0 amide bonds. The molecule has 0 atom stereocenters. The fraction of sp³-hybridized carbons (Fsp3) is 0.100. The summed E-state index contributed by atoms with van der Waals surface area (Å²) in [5.74, 6) is -2.41. The average molecular weight is 369 g/mol. The number of nitrogens with one attached hydrogen (secondary N) is 2. The van der Waals surface area contributed by atoms with E-state index in [-0.39, 0.29) is 22.8 Å². The van der Waals surface area contributed by atoms with Crippen LogP contribution in [0.2, 0.25) is 0 Å². The maximum absolute atomic E-state index is 13.8. The van der Waals surface area contributed by atoms with Gasteiger partial charge in [0, 0.05) is 12.6 Å². The normalized spacial score (nSPS) is 10.4. The largest absolute Gasteiger partial charge is 0.478 e. The van der Waals surface area contributed by atoms with Gasteiger partial charge in [-0.05, 0) is 30.2 Å². The number of aromatic nitrogens is 1. The summed E-state index contributed by atoms with van der Waals surface area (Å²) in [5, 5.41) is 15.2. The van der Waals surface area contributed by atoms with Gasteiger partial charge in [-0.15, -0.1) is 0 Å². The van der Waals surface area contributed by atoms with Gasteiger partial charge in [-0.3, -0.25) is 0 Å². The minimum atomic E-state index is -1.16. The molecule has 138 valence electrons. The number of halogens is 2. The van der Waals surface area contributed by atoms with Crippen LogP contribution in [0.4, 0.5) is 26.0 Å². The average Bonchev–Trinajstić information content (AvgIpc) is 2.65. The zero-order chi connectivity index (χ0) is 19.2. The number of anilines is 3. The molecule has 0 saturated carbocycles. The molecule has 7 heteroatoms. The molecule has 5 nitrogen and oxygen atoms in total. The van der Waals surface area contributed by atoms with Crippen molar-refractivity contribution in [1.82, 2.24) is 4.98 Å². The van der Waals surface area contributed by atoms with Crippen molar-refractivity contribution in [3.63, 3.8) is 0 Å². The fourth-order valence-corrected chi connectivity index (χ4v) is 2.55. The molecule has 0 fully saturated rings. The SMILES string of the molecule is O=C(O)c1cc(Nc2ccc(F)cc2F)cnc1NCCc1ccccc1. The van der Waals surface area contributed by atoms with Crippen LogP contribution in [-0.4, -0.2) is 22.6 Å². The van der Waals surface area contributed by atoms with E-state index in [0.717, 1.165) is 17.7 Å². The van der Waals surface area contributed by atoms with Crippen molar-refractivity contribution in [3.8, 4) is 0 Å². The van der Waals surface area contributed by atoms with Crippen LogP contribution in [0, 0.1) is 11.6 Å². The van der Waals surface area contributed by atoms with Crippen molar-refractivity contribution >= 4 is 23.2 Å². The number of carboxylic acid groups (broad SMARTS) is 1.